The van der Waals surface area contributed by atoms with Crippen molar-refractivity contribution in [2.45, 2.75) is 43.0 Å². The summed E-state index contributed by atoms with van der Waals surface area (Å²) in [6.45, 7) is 1.38. The van der Waals surface area contributed by atoms with Gasteiger partial charge in [-0.1, -0.05) is 48.2 Å². The van der Waals surface area contributed by atoms with Crippen molar-refractivity contribution < 1.29 is 10.2 Å². The Balaban J connectivity index is 1.24. The number of tetrazole rings is 1. The molecule has 4 aromatic rings. The number of aliphatic hydroxyl groups excluding tert-OH is 1. The van der Waals surface area contributed by atoms with Gasteiger partial charge in [-0.25, -0.2) is 9.67 Å². The Morgan fingerprint density at radius 2 is 1.80 bits per heavy atom. The first-order chi connectivity index (χ1) is 16.9. The van der Waals surface area contributed by atoms with Gasteiger partial charge in [-0.05, 0) is 64.9 Å². The van der Waals surface area contributed by atoms with Crippen LogP contribution in [-0.2, 0) is 5.22 Å². The molecule has 2 aromatic carbocycles. The number of rotatable bonds is 6. The van der Waals surface area contributed by atoms with Crippen LogP contribution in [-0.4, -0.2) is 56.8 Å². The van der Waals surface area contributed by atoms with E-state index in [2.05, 4.69) is 79.0 Å². The minimum absolute atomic E-state index is 0.194. The van der Waals surface area contributed by atoms with Gasteiger partial charge in [-0.2, -0.15) is 0 Å². The normalized spacial score (nSPS) is 19.8. The fraction of sp³-hybridized carbons (Fsp3) is 0.308. The number of hydrogen-bond acceptors (Lipinski definition) is 6. The van der Waals surface area contributed by atoms with Crippen molar-refractivity contribution in [1.82, 2.24) is 29.8 Å². The summed E-state index contributed by atoms with van der Waals surface area (Å²) in [5.41, 5.74) is 4.46. The lowest BCUT2D eigenvalue weighted by Gasteiger charge is -2.35. The van der Waals surface area contributed by atoms with Crippen molar-refractivity contribution >= 4 is 10.2 Å². The van der Waals surface area contributed by atoms with Crippen molar-refractivity contribution in [2.24, 2.45) is 0 Å². The first kappa shape index (κ1) is 23.2. The first-order valence-electron chi connectivity index (χ1n) is 11.5. The third kappa shape index (κ3) is 4.95. The van der Waals surface area contributed by atoms with Crippen LogP contribution in [0.15, 0.2) is 67.3 Å². The van der Waals surface area contributed by atoms with E-state index in [1.54, 1.807) is 30.2 Å². The van der Waals surface area contributed by atoms with Crippen molar-refractivity contribution in [3.8, 4) is 23.0 Å². The number of aliphatic hydroxyl groups is 2. The maximum atomic E-state index is 10.2. The number of hydrogen-bond donors (Lipinski definition) is 2. The van der Waals surface area contributed by atoms with E-state index in [4.69, 9.17) is 0 Å². The highest BCUT2D eigenvalue weighted by atomic mass is 28.1. The molecular formula is C26H25N6O2Si. The monoisotopic (exact) mass is 481 g/mol. The van der Waals surface area contributed by atoms with E-state index < -0.39 is 11.3 Å². The van der Waals surface area contributed by atoms with E-state index >= 15 is 0 Å². The van der Waals surface area contributed by atoms with Gasteiger partial charge in [0.15, 0.2) is 0 Å². The highest BCUT2D eigenvalue weighted by Gasteiger charge is 2.32. The van der Waals surface area contributed by atoms with Gasteiger partial charge in [-0.3, -0.25) is 0 Å². The summed E-state index contributed by atoms with van der Waals surface area (Å²) in [5, 5.41) is 30.2. The summed E-state index contributed by atoms with van der Waals surface area (Å²) in [7, 11) is 3.26. The second-order valence-corrected chi connectivity index (χ2v) is 9.98. The van der Waals surface area contributed by atoms with Crippen LogP contribution in [0, 0.1) is 11.8 Å². The van der Waals surface area contributed by atoms with Gasteiger partial charge in [0.1, 0.15) is 23.4 Å². The summed E-state index contributed by atoms with van der Waals surface area (Å²) in [5.74, 6) is 7.13. The molecule has 3 radical (unpaired) electrons. The van der Waals surface area contributed by atoms with Gasteiger partial charge >= 0.3 is 0 Å². The fourth-order valence-electron chi connectivity index (χ4n) is 4.42. The van der Waals surface area contributed by atoms with Gasteiger partial charge < -0.3 is 14.8 Å². The lowest BCUT2D eigenvalue weighted by atomic mass is 9.76. The zero-order valence-electron chi connectivity index (χ0n) is 19.3. The molecule has 8 nitrogen and oxygen atoms in total. The molecule has 1 aliphatic carbocycles. The molecule has 35 heavy (non-hydrogen) atoms. The van der Waals surface area contributed by atoms with Crippen LogP contribution in [0.3, 0.4) is 0 Å². The summed E-state index contributed by atoms with van der Waals surface area (Å²) in [6.07, 6.45) is 7.07. The average molecular weight is 482 g/mol. The Labute approximate surface area is 207 Å². The third-order valence-corrected chi connectivity index (χ3v) is 6.67. The molecule has 1 saturated carbocycles. The lowest BCUT2D eigenvalue weighted by Crippen LogP contribution is -2.28. The van der Waals surface area contributed by atoms with Crippen molar-refractivity contribution in [1.29, 1.82) is 0 Å². The smallest absolute Gasteiger partial charge is 0.138 e. The molecule has 9 heteroatoms. The summed E-state index contributed by atoms with van der Waals surface area (Å²) in [6, 6.07) is 16.7. The minimum atomic E-state index is -1.31. The zero-order chi connectivity index (χ0) is 24.4. The molecule has 0 spiro atoms. The molecule has 1 fully saturated rings. The van der Waals surface area contributed by atoms with E-state index in [0.717, 1.165) is 29.5 Å². The van der Waals surface area contributed by atoms with Crippen LogP contribution < -0.4 is 0 Å². The van der Waals surface area contributed by atoms with Gasteiger partial charge in [0.2, 0.25) is 0 Å². The summed E-state index contributed by atoms with van der Waals surface area (Å²) in [4.78, 5) is 4.17. The van der Waals surface area contributed by atoms with Crippen LogP contribution in [0.2, 0.25) is 0 Å². The van der Waals surface area contributed by atoms with E-state index in [9.17, 15) is 10.2 Å². The SMILES string of the molecule is C[C@](O)([Si])c1nccn1[C@@H](C#Cc1ccc(-c2ccc(C3CC(n4cnnn4)C3)cc2)cc1)CO. The van der Waals surface area contributed by atoms with Gasteiger partial charge in [0, 0.05) is 18.0 Å². The minimum Gasteiger partial charge on any atom is -0.393 e. The first-order valence-corrected chi connectivity index (χ1v) is 12.0. The molecule has 0 unspecified atom stereocenters. The second-order valence-electron chi connectivity index (χ2n) is 9.01. The van der Waals surface area contributed by atoms with E-state index in [-0.39, 0.29) is 6.61 Å². The molecular weight excluding hydrogens is 456 g/mol. The maximum absolute atomic E-state index is 10.2. The second kappa shape index (κ2) is 9.58. The molecule has 0 amide bonds. The maximum Gasteiger partial charge on any atom is 0.138 e. The fourth-order valence-corrected chi connectivity index (χ4v) is 4.61. The molecule has 1 aliphatic rings. The van der Waals surface area contributed by atoms with E-state index in [1.165, 1.54) is 5.56 Å². The number of nitrogens with zero attached hydrogens (tertiary/aromatic N) is 6. The van der Waals surface area contributed by atoms with Crippen LogP contribution in [0.25, 0.3) is 11.1 Å². The van der Waals surface area contributed by atoms with Gasteiger partial charge in [0.05, 0.1) is 22.9 Å². The van der Waals surface area contributed by atoms with Crippen LogP contribution in [0.4, 0.5) is 0 Å². The lowest BCUT2D eigenvalue weighted by molar-refractivity contribution is 0.130. The Morgan fingerprint density at radius 3 is 2.40 bits per heavy atom. The summed E-state index contributed by atoms with van der Waals surface area (Å²) >= 11 is 0. The Hall–Kier alpha value is -3.58. The number of aromatic nitrogens is 6. The predicted molar refractivity (Wildman–Crippen MR) is 131 cm³/mol. The van der Waals surface area contributed by atoms with Gasteiger partial charge in [-0.15, -0.1) is 5.10 Å². The molecule has 0 aliphatic heterocycles. The van der Waals surface area contributed by atoms with E-state index in [1.807, 2.05) is 16.8 Å². The van der Waals surface area contributed by atoms with Crippen LogP contribution in [0.5, 0.6) is 0 Å². The van der Waals surface area contributed by atoms with Gasteiger partial charge in [0.25, 0.3) is 0 Å². The average Bonchev–Trinajstić information content (AvgIpc) is 3.52. The largest absolute Gasteiger partial charge is 0.393 e. The molecule has 5 rings (SSSR count). The Kier molecular flexibility index (Phi) is 6.34. The predicted octanol–water partition coefficient (Wildman–Crippen LogP) is 2.57. The van der Waals surface area contributed by atoms with Crippen molar-refractivity contribution in [3.63, 3.8) is 0 Å². The highest BCUT2D eigenvalue weighted by molar-refractivity contribution is 6.13. The molecule has 2 N–H and O–H groups in total. The highest BCUT2D eigenvalue weighted by Crippen LogP contribution is 2.44. The molecule has 0 bridgehead atoms. The number of imidazole rings is 1. The van der Waals surface area contributed by atoms with Crippen LogP contribution >= 0.6 is 0 Å². The third-order valence-electron chi connectivity index (χ3n) is 6.45. The Morgan fingerprint density at radius 1 is 1.11 bits per heavy atom. The summed E-state index contributed by atoms with van der Waals surface area (Å²) < 4.78 is 3.51. The molecule has 0 saturated heterocycles. The molecule has 2 aromatic heterocycles. The molecule has 2 heterocycles. The Bertz CT molecular complexity index is 1330. The standard InChI is InChI=1S/C26H25N6O2Si/c1-26(34,35)25-27-12-13-31(25)23(16-33)11-4-18-2-5-19(6-3-18)20-7-9-21(10-8-20)22-14-24(15-22)32-17-28-29-30-32/h2-3,5-10,12-13,17,22-24,33-34H,14-16H2,1H3/t22?,23-,24?,26-/m0/s1. The topological polar surface area (TPSA) is 102 Å². The van der Waals surface area contributed by atoms with Crippen LogP contribution in [0.1, 0.15) is 54.7 Å². The molecule has 175 valence electrons. The molecule has 2 atom stereocenters. The quantitative estimate of drug-likeness (QED) is 0.324. The zero-order valence-corrected chi connectivity index (χ0v) is 20.3. The van der Waals surface area contributed by atoms with E-state index in [0.29, 0.717) is 17.8 Å². The number of benzene rings is 2. The van der Waals surface area contributed by atoms with Crippen molar-refractivity contribution in [2.75, 3.05) is 6.61 Å². The van der Waals surface area contributed by atoms with Crippen molar-refractivity contribution in [3.05, 3.63) is 84.2 Å².